The Balaban J connectivity index is 2.08. The number of hydrogen-bond donors (Lipinski definition) is 1. The Hall–Kier alpha value is -1.32. The lowest BCUT2D eigenvalue weighted by Gasteiger charge is -2.20. The van der Waals surface area contributed by atoms with Crippen molar-refractivity contribution in [2.24, 2.45) is 0 Å². The number of hydrogen-bond acceptors (Lipinski definition) is 2. The van der Waals surface area contributed by atoms with Crippen molar-refractivity contribution in [1.82, 2.24) is 15.1 Å². The van der Waals surface area contributed by atoms with E-state index < -0.39 is 0 Å². The summed E-state index contributed by atoms with van der Waals surface area (Å²) < 4.78 is 1.93. The number of halogens is 1. The SMILES string of the molecule is Cc1c(Cl)cnn1Cc1cccc(CNC(C)(C)C)c1. The van der Waals surface area contributed by atoms with Gasteiger partial charge >= 0.3 is 0 Å². The van der Waals surface area contributed by atoms with Gasteiger partial charge in [0, 0.05) is 12.1 Å². The molecule has 1 N–H and O–H groups in total. The van der Waals surface area contributed by atoms with Gasteiger partial charge in [0.05, 0.1) is 23.5 Å². The minimum atomic E-state index is 0.127. The Bertz CT molecular complexity index is 582. The molecular weight excluding hydrogens is 270 g/mol. The van der Waals surface area contributed by atoms with Crippen LogP contribution in [0.25, 0.3) is 0 Å². The van der Waals surface area contributed by atoms with Gasteiger partial charge in [0.1, 0.15) is 0 Å². The summed E-state index contributed by atoms with van der Waals surface area (Å²) in [5.74, 6) is 0. The Labute approximate surface area is 126 Å². The molecule has 0 saturated carbocycles. The van der Waals surface area contributed by atoms with Crippen LogP contribution in [0, 0.1) is 6.92 Å². The molecule has 0 spiro atoms. The fourth-order valence-corrected chi connectivity index (χ4v) is 2.10. The van der Waals surface area contributed by atoms with Crippen molar-refractivity contribution in [3.63, 3.8) is 0 Å². The predicted octanol–water partition coefficient (Wildman–Crippen LogP) is 3.78. The van der Waals surface area contributed by atoms with Gasteiger partial charge in [-0.2, -0.15) is 5.10 Å². The first-order valence-electron chi connectivity index (χ1n) is 6.86. The van der Waals surface area contributed by atoms with Crippen LogP contribution in [0.15, 0.2) is 30.5 Å². The van der Waals surface area contributed by atoms with Gasteiger partial charge in [0.25, 0.3) is 0 Å². The van der Waals surface area contributed by atoms with Crippen LogP contribution in [0.3, 0.4) is 0 Å². The average Bonchev–Trinajstić information content (AvgIpc) is 2.68. The molecule has 0 aliphatic heterocycles. The van der Waals surface area contributed by atoms with Crippen LogP contribution in [-0.2, 0) is 13.1 Å². The summed E-state index contributed by atoms with van der Waals surface area (Å²) in [4.78, 5) is 0. The van der Waals surface area contributed by atoms with Gasteiger partial charge < -0.3 is 5.32 Å². The van der Waals surface area contributed by atoms with Crippen LogP contribution in [0.2, 0.25) is 5.02 Å². The first-order valence-corrected chi connectivity index (χ1v) is 7.24. The highest BCUT2D eigenvalue weighted by atomic mass is 35.5. The highest BCUT2D eigenvalue weighted by Gasteiger charge is 2.09. The van der Waals surface area contributed by atoms with Crippen LogP contribution in [0.4, 0.5) is 0 Å². The summed E-state index contributed by atoms with van der Waals surface area (Å²) in [6, 6.07) is 8.57. The summed E-state index contributed by atoms with van der Waals surface area (Å²) in [5.41, 5.74) is 3.65. The van der Waals surface area contributed by atoms with Crippen molar-refractivity contribution in [1.29, 1.82) is 0 Å². The first kappa shape index (κ1) is 15.1. The van der Waals surface area contributed by atoms with E-state index in [0.29, 0.717) is 0 Å². The third kappa shape index (κ3) is 4.09. The third-order valence-electron chi connectivity index (χ3n) is 3.19. The zero-order chi connectivity index (χ0) is 14.8. The van der Waals surface area contributed by atoms with E-state index in [1.165, 1.54) is 11.1 Å². The van der Waals surface area contributed by atoms with E-state index in [1.807, 2.05) is 11.6 Å². The minimum absolute atomic E-state index is 0.127. The number of nitrogens with one attached hydrogen (secondary N) is 1. The molecule has 1 heterocycles. The summed E-state index contributed by atoms with van der Waals surface area (Å²) in [6.45, 7) is 10.1. The predicted molar refractivity (Wildman–Crippen MR) is 84.1 cm³/mol. The van der Waals surface area contributed by atoms with E-state index in [2.05, 4.69) is 55.5 Å². The first-order chi connectivity index (χ1) is 9.35. The maximum atomic E-state index is 6.03. The normalized spacial score (nSPS) is 11.8. The van der Waals surface area contributed by atoms with Gasteiger partial charge in [-0.05, 0) is 38.8 Å². The van der Waals surface area contributed by atoms with E-state index in [4.69, 9.17) is 11.6 Å². The summed E-state index contributed by atoms with van der Waals surface area (Å²) in [6.07, 6.45) is 1.70. The maximum Gasteiger partial charge on any atom is 0.0815 e. The second-order valence-corrected chi connectivity index (χ2v) is 6.57. The highest BCUT2D eigenvalue weighted by Crippen LogP contribution is 2.15. The second-order valence-electron chi connectivity index (χ2n) is 6.16. The zero-order valence-electron chi connectivity index (χ0n) is 12.6. The molecule has 2 rings (SSSR count). The molecule has 0 radical (unpaired) electrons. The van der Waals surface area contributed by atoms with Gasteiger partial charge in [-0.1, -0.05) is 35.9 Å². The van der Waals surface area contributed by atoms with Crippen LogP contribution in [-0.4, -0.2) is 15.3 Å². The second kappa shape index (κ2) is 5.98. The van der Waals surface area contributed by atoms with Crippen molar-refractivity contribution in [2.75, 3.05) is 0 Å². The Morgan fingerprint density at radius 3 is 2.55 bits per heavy atom. The van der Waals surface area contributed by atoms with Gasteiger partial charge in [-0.15, -0.1) is 0 Å². The molecule has 0 saturated heterocycles. The van der Waals surface area contributed by atoms with Crippen molar-refractivity contribution < 1.29 is 0 Å². The molecule has 1 aromatic heterocycles. The molecule has 0 aliphatic rings. The number of rotatable bonds is 4. The van der Waals surface area contributed by atoms with Crippen molar-refractivity contribution in [2.45, 2.75) is 46.3 Å². The lowest BCUT2D eigenvalue weighted by Crippen LogP contribution is -2.35. The molecule has 0 amide bonds. The standard InChI is InChI=1S/C16H22ClN3/c1-12-15(17)10-19-20(12)11-14-7-5-6-13(8-14)9-18-16(2,3)4/h5-8,10,18H,9,11H2,1-4H3. The smallest absolute Gasteiger partial charge is 0.0815 e. The lowest BCUT2D eigenvalue weighted by atomic mass is 10.1. The molecule has 0 aliphatic carbocycles. The van der Waals surface area contributed by atoms with E-state index >= 15 is 0 Å². The van der Waals surface area contributed by atoms with Crippen LogP contribution < -0.4 is 5.32 Å². The van der Waals surface area contributed by atoms with Crippen LogP contribution in [0.5, 0.6) is 0 Å². The average molecular weight is 292 g/mol. The lowest BCUT2D eigenvalue weighted by molar-refractivity contribution is 0.424. The molecule has 0 fully saturated rings. The summed E-state index contributed by atoms with van der Waals surface area (Å²) in [7, 11) is 0. The largest absolute Gasteiger partial charge is 0.308 e. The van der Waals surface area contributed by atoms with Crippen molar-refractivity contribution in [3.05, 3.63) is 52.3 Å². The molecule has 0 unspecified atom stereocenters. The molecule has 0 bridgehead atoms. The van der Waals surface area contributed by atoms with E-state index in [9.17, 15) is 0 Å². The van der Waals surface area contributed by atoms with Crippen LogP contribution in [0.1, 0.15) is 37.6 Å². The Morgan fingerprint density at radius 2 is 1.95 bits per heavy atom. The number of benzene rings is 1. The van der Waals surface area contributed by atoms with E-state index in [1.54, 1.807) is 6.20 Å². The summed E-state index contributed by atoms with van der Waals surface area (Å²) in [5, 5.41) is 8.51. The van der Waals surface area contributed by atoms with Gasteiger partial charge in [0.15, 0.2) is 0 Å². The topological polar surface area (TPSA) is 29.9 Å². The van der Waals surface area contributed by atoms with Crippen LogP contribution >= 0.6 is 11.6 Å². The van der Waals surface area contributed by atoms with Gasteiger partial charge in [-0.3, -0.25) is 4.68 Å². The molecule has 2 aromatic rings. The van der Waals surface area contributed by atoms with Gasteiger partial charge in [0.2, 0.25) is 0 Å². The highest BCUT2D eigenvalue weighted by molar-refractivity contribution is 6.31. The van der Waals surface area contributed by atoms with E-state index in [-0.39, 0.29) is 5.54 Å². The van der Waals surface area contributed by atoms with E-state index in [0.717, 1.165) is 23.8 Å². The summed E-state index contributed by atoms with van der Waals surface area (Å²) >= 11 is 6.03. The van der Waals surface area contributed by atoms with Crippen molar-refractivity contribution >= 4 is 11.6 Å². The fourth-order valence-electron chi connectivity index (χ4n) is 1.96. The number of nitrogens with zero attached hydrogens (tertiary/aromatic N) is 2. The van der Waals surface area contributed by atoms with Crippen molar-refractivity contribution in [3.8, 4) is 0 Å². The minimum Gasteiger partial charge on any atom is -0.308 e. The maximum absolute atomic E-state index is 6.03. The quantitative estimate of drug-likeness (QED) is 0.929. The zero-order valence-corrected chi connectivity index (χ0v) is 13.3. The fraction of sp³-hybridized carbons (Fsp3) is 0.438. The Kier molecular flexibility index (Phi) is 4.51. The third-order valence-corrected chi connectivity index (χ3v) is 3.56. The molecule has 1 aromatic carbocycles. The molecule has 4 heteroatoms. The number of aromatic nitrogens is 2. The van der Waals surface area contributed by atoms with Gasteiger partial charge in [-0.25, -0.2) is 0 Å². The molecule has 20 heavy (non-hydrogen) atoms. The molecule has 108 valence electrons. The molecule has 0 atom stereocenters. The monoisotopic (exact) mass is 291 g/mol. The Morgan fingerprint density at radius 1 is 1.25 bits per heavy atom. The molecular formula is C16H22ClN3. The molecule has 3 nitrogen and oxygen atoms in total.